The van der Waals surface area contributed by atoms with E-state index in [2.05, 4.69) is 9.97 Å². The fourth-order valence-electron chi connectivity index (χ4n) is 2.34. The fraction of sp³-hybridized carbons (Fsp3) is 0.118. The topological polar surface area (TPSA) is 62.8 Å². The lowest BCUT2D eigenvalue weighted by Gasteiger charge is -2.03. The first-order valence-corrected chi connectivity index (χ1v) is 7.80. The molecule has 6 heteroatoms. The van der Waals surface area contributed by atoms with Gasteiger partial charge in [0.1, 0.15) is 10.6 Å². The van der Waals surface area contributed by atoms with Gasteiger partial charge in [0.25, 0.3) is 5.56 Å². The van der Waals surface area contributed by atoms with E-state index in [0.717, 1.165) is 10.2 Å². The predicted octanol–water partition coefficient (Wildman–Crippen LogP) is 3.64. The summed E-state index contributed by atoms with van der Waals surface area (Å²) in [6, 6.07) is 3.16. The monoisotopic (exact) mass is 328 g/mol. The van der Waals surface area contributed by atoms with Gasteiger partial charge in [-0.3, -0.25) is 14.6 Å². The molecule has 0 aromatic carbocycles. The molecule has 4 nitrogen and oxygen atoms in total. The lowest BCUT2D eigenvalue weighted by atomic mass is 10.0. The number of aryl methyl sites for hydroxylation is 2. The number of allylic oxidation sites excluding steroid dienone is 1. The van der Waals surface area contributed by atoms with Gasteiger partial charge in [0.05, 0.1) is 11.3 Å². The Morgan fingerprint density at radius 1 is 1.39 bits per heavy atom. The number of hydrogen-bond acceptors (Lipinski definition) is 4. The van der Waals surface area contributed by atoms with Crippen molar-refractivity contribution < 1.29 is 9.18 Å². The Morgan fingerprint density at radius 2 is 2.17 bits per heavy atom. The number of carbonyl (C=O) groups excluding carboxylic acids is 1. The molecule has 0 aliphatic heterocycles. The number of nitrogens with zero attached hydrogens (tertiary/aromatic N) is 1. The van der Waals surface area contributed by atoms with Crippen molar-refractivity contribution in [2.45, 2.75) is 13.8 Å². The van der Waals surface area contributed by atoms with Gasteiger partial charge in [0, 0.05) is 11.6 Å². The Labute approximate surface area is 135 Å². The zero-order chi connectivity index (χ0) is 16.6. The van der Waals surface area contributed by atoms with Crippen LogP contribution in [0, 0.1) is 19.7 Å². The molecule has 0 unspecified atom stereocenters. The Hall–Kier alpha value is -2.60. The minimum atomic E-state index is -0.437. The third kappa shape index (κ3) is 2.85. The second kappa shape index (κ2) is 5.89. The second-order valence-corrected chi connectivity index (χ2v) is 6.07. The molecule has 23 heavy (non-hydrogen) atoms. The number of nitrogens with one attached hydrogen (secondary N) is 1. The predicted molar refractivity (Wildman–Crippen MR) is 89.5 cm³/mol. The van der Waals surface area contributed by atoms with Crippen LogP contribution < -0.4 is 5.56 Å². The molecular weight excluding hydrogens is 315 g/mol. The molecule has 0 saturated heterocycles. The Bertz CT molecular complexity index is 1000. The van der Waals surface area contributed by atoms with Crippen molar-refractivity contribution in [3.63, 3.8) is 0 Å². The highest BCUT2D eigenvalue weighted by Crippen LogP contribution is 2.22. The largest absolute Gasteiger partial charge is 0.313 e. The zero-order valence-electron chi connectivity index (χ0n) is 12.5. The standard InChI is InChI=1S/C17H13FN2O2S/c1-9-12-5-6-23-17(12)20-16(22)15(9)14(21)4-3-11-7-13(18)10(2)19-8-11/h3-8H,1-2H3,(H,20,22)/b4-3+. The number of rotatable bonds is 3. The van der Waals surface area contributed by atoms with Crippen LogP contribution in [0.5, 0.6) is 0 Å². The van der Waals surface area contributed by atoms with Crippen LogP contribution in [0.1, 0.15) is 27.2 Å². The molecule has 0 saturated carbocycles. The third-order valence-corrected chi connectivity index (χ3v) is 4.45. The van der Waals surface area contributed by atoms with E-state index in [1.54, 1.807) is 13.8 Å². The van der Waals surface area contributed by atoms with E-state index in [1.807, 2.05) is 11.4 Å². The highest BCUT2D eigenvalue weighted by molar-refractivity contribution is 7.16. The van der Waals surface area contributed by atoms with Crippen molar-refractivity contribution in [2.24, 2.45) is 0 Å². The van der Waals surface area contributed by atoms with Crippen molar-refractivity contribution >= 4 is 33.4 Å². The van der Waals surface area contributed by atoms with E-state index >= 15 is 0 Å². The van der Waals surface area contributed by atoms with Crippen LogP contribution in [0.4, 0.5) is 4.39 Å². The quantitative estimate of drug-likeness (QED) is 0.590. The van der Waals surface area contributed by atoms with Crippen LogP contribution in [0.15, 0.2) is 34.6 Å². The molecule has 0 atom stereocenters. The molecule has 0 amide bonds. The number of halogens is 1. The molecule has 116 valence electrons. The summed E-state index contributed by atoms with van der Waals surface area (Å²) in [5, 5.41) is 2.72. The Kier molecular flexibility index (Phi) is 3.92. The van der Waals surface area contributed by atoms with E-state index in [4.69, 9.17) is 0 Å². The van der Waals surface area contributed by atoms with Crippen LogP contribution >= 0.6 is 11.3 Å². The first-order chi connectivity index (χ1) is 11.0. The summed E-state index contributed by atoms with van der Waals surface area (Å²) < 4.78 is 13.5. The van der Waals surface area contributed by atoms with Crippen LogP contribution in [-0.2, 0) is 0 Å². The Balaban J connectivity index is 1.98. The second-order valence-electron chi connectivity index (χ2n) is 5.15. The number of pyridine rings is 2. The summed E-state index contributed by atoms with van der Waals surface area (Å²) in [6.07, 6.45) is 4.19. The minimum Gasteiger partial charge on any atom is -0.313 e. The molecule has 3 aromatic heterocycles. The highest BCUT2D eigenvalue weighted by Gasteiger charge is 2.15. The molecule has 0 fully saturated rings. The molecule has 3 rings (SSSR count). The number of aromatic nitrogens is 2. The maximum absolute atomic E-state index is 13.5. The summed E-state index contributed by atoms with van der Waals surface area (Å²) in [5.41, 5.74) is 1.09. The number of thiophene rings is 1. The number of hydrogen-bond donors (Lipinski definition) is 1. The number of H-pyrrole nitrogens is 1. The van der Waals surface area contributed by atoms with E-state index in [9.17, 15) is 14.0 Å². The van der Waals surface area contributed by atoms with Crippen molar-refractivity contribution in [3.05, 3.63) is 68.3 Å². The van der Waals surface area contributed by atoms with Gasteiger partial charge in [0.15, 0.2) is 5.78 Å². The van der Waals surface area contributed by atoms with Gasteiger partial charge in [-0.15, -0.1) is 11.3 Å². The summed E-state index contributed by atoms with van der Waals surface area (Å²) in [5.74, 6) is -0.855. The van der Waals surface area contributed by atoms with Gasteiger partial charge in [-0.1, -0.05) is 0 Å². The van der Waals surface area contributed by atoms with E-state index in [-0.39, 0.29) is 5.56 Å². The number of carbonyl (C=O) groups is 1. The third-order valence-electron chi connectivity index (χ3n) is 3.62. The highest BCUT2D eigenvalue weighted by atomic mass is 32.1. The molecule has 1 N–H and O–H groups in total. The molecule has 0 bridgehead atoms. The summed E-state index contributed by atoms with van der Waals surface area (Å²) in [6.45, 7) is 3.31. The maximum Gasteiger partial charge on any atom is 0.260 e. The van der Waals surface area contributed by atoms with Crippen molar-refractivity contribution in [2.75, 3.05) is 0 Å². The smallest absolute Gasteiger partial charge is 0.260 e. The van der Waals surface area contributed by atoms with Gasteiger partial charge in [-0.05, 0) is 54.6 Å². The molecule has 0 radical (unpaired) electrons. The van der Waals surface area contributed by atoms with Crippen LogP contribution in [0.2, 0.25) is 0 Å². The van der Waals surface area contributed by atoms with Crippen molar-refractivity contribution in [3.8, 4) is 0 Å². The number of fused-ring (bicyclic) bond motifs is 1. The first-order valence-electron chi connectivity index (χ1n) is 6.92. The molecule has 0 spiro atoms. The van der Waals surface area contributed by atoms with Crippen LogP contribution in [0.25, 0.3) is 16.3 Å². The average Bonchev–Trinajstić information content (AvgIpc) is 2.97. The van der Waals surface area contributed by atoms with E-state index < -0.39 is 17.2 Å². The van der Waals surface area contributed by atoms with Gasteiger partial charge >= 0.3 is 0 Å². The van der Waals surface area contributed by atoms with Gasteiger partial charge < -0.3 is 4.98 Å². The van der Waals surface area contributed by atoms with Crippen LogP contribution in [0.3, 0.4) is 0 Å². The first kappa shape index (κ1) is 15.3. The van der Waals surface area contributed by atoms with Gasteiger partial charge in [0.2, 0.25) is 0 Å². The van der Waals surface area contributed by atoms with Gasteiger partial charge in [-0.2, -0.15) is 0 Å². The van der Waals surface area contributed by atoms with E-state index in [0.29, 0.717) is 16.8 Å². The van der Waals surface area contributed by atoms with E-state index in [1.165, 1.54) is 35.8 Å². The SMILES string of the molecule is Cc1ncc(/C=C/C(=O)c2c(C)c3ccsc3[nH]c2=O)cc1F. The minimum absolute atomic E-state index is 0.104. The lowest BCUT2D eigenvalue weighted by Crippen LogP contribution is -2.18. The molecule has 0 aliphatic rings. The Morgan fingerprint density at radius 3 is 2.91 bits per heavy atom. The molecule has 3 aromatic rings. The molecule has 3 heterocycles. The molecular formula is C17H13FN2O2S. The normalized spacial score (nSPS) is 11.4. The van der Waals surface area contributed by atoms with Crippen molar-refractivity contribution in [1.29, 1.82) is 0 Å². The number of ketones is 1. The van der Waals surface area contributed by atoms with Crippen LogP contribution in [-0.4, -0.2) is 15.8 Å². The average molecular weight is 328 g/mol. The summed E-state index contributed by atoms with van der Waals surface area (Å²) in [4.78, 5) is 31.8. The summed E-state index contributed by atoms with van der Waals surface area (Å²) in [7, 11) is 0. The lowest BCUT2D eigenvalue weighted by molar-refractivity contribution is 0.104. The van der Waals surface area contributed by atoms with Crippen molar-refractivity contribution in [1.82, 2.24) is 9.97 Å². The zero-order valence-corrected chi connectivity index (χ0v) is 13.3. The maximum atomic E-state index is 13.5. The molecule has 0 aliphatic carbocycles. The number of aromatic amines is 1. The summed E-state index contributed by atoms with van der Waals surface area (Å²) >= 11 is 1.41. The van der Waals surface area contributed by atoms with Gasteiger partial charge in [-0.25, -0.2) is 4.39 Å². The fourth-order valence-corrected chi connectivity index (χ4v) is 3.18.